The van der Waals surface area contributed by atoms with E-state index in [1.807, 2.05) is 13.8 Å². The van der Waals surface area contributed by atoms with Crippen LogP contribution in [0.5, 0.6) is 0 Å². The van der Waals surface area contributed by atoms with Crippen molar-refractivity contribution in [1.82, 2.24) is 19.5 Å². The predicted molar refractivity (Wildman–Crippen MR) is 111 cm³/mol. The number of anilines is 1. The summed E-state index contributed by atoms with van der Waals surface area (Å²) in [6.07, 6.45) is 0. The van der Waals surface area contributed by atoms with Gasteiger partial charge in [0.2, 0.25) is 21.1 Å². The van der Waals surface area contributed by atoms with Gasteiger partial charge >= 0.3 is 0 Å². The number of nitrogens with zero attached hydrogens (tertiary/aromatic N) is 3. The van der Waals surface area contributed by atoms with Crippen molar-refractivity contribution < 1.29 is 13.2 Å². The van der Waals surface area contributed by atoms with E-state index in [0.29, 0.717) is 29.5 Å². The second-order valence-electron chi connectivity index (χ2n) is 6.56. The highest BCUT2D eigenvalue weighted by Crippen LogP contribution is 2.24. The van der Waals surface area contributed by atoms with E-state index in [0.717, 1.165) is 5.82 Å². The van der Waals surface area contributed by atoms with Crippen molar-refractivity contribution in [3.8, 4) is 0 Å². The molecule has 0 saturated heterocycles. The molecule has 1 amide bonds. The summed E-state index contributed by atoms with van der Waals surface area (Å²) < 4.78 is 27.0. The van der Waals surface area contributed by atoms with Crippen LogP contribution in [0, 0.1) is 6.92 Å². The first-order valence-electron chi connectivity index (χ1n) is 9.14. The molecule has 1 aromatic heterocycles. The summed E-state index contributed by atoms with van der Waals surface area (Å²) in [6.45, 7) is 10.1. The molecule has 1 aromatic carbocycles. The number of sulfonamides is 1. The number of aryl methyl sites for hydroxylation is 1. The highest BCUT2D eigenvalue weighted by atomic mass is 32.2. The molecule has 0 fully saturated rings. The zero-order chi connectivity index (χ0) is 20.9. The average molecular weight is 426 g/mol. The van der Waals surface area contributed by atoms with E-state index in [2.05, 4.69) is 20.5 Å². The number of amides is 1. The van der Waals surface area contributed by atoms with Gasteiger partial charge in [-0.1, -0.05) is 45.5 Å². The van der Waals surface area contributed by atoms with E-state index < -0.39 is 10.0 Å². The zero-order valence-corrected chi connectivity index (χ0v) is 18.4. The van der Waals surface area contributed by atoms with Gasteiger partial charge in [-0.15, -0.1) is 5.10 Å². The average Bonchev–Trinajstić information content (AvgIpc) is 3.11. The van der Waals surface area contributed by atoms with E-state index in [4.69, 9.17) is 0 Å². The number of aromatic amines is 1. The molecule has 2 aromatic rings. The molecule has 0 aliphatic heterocycles. The molecule has 0 spiro atoms. The number of benzene rings is 1. The predicted octanol–water partition coefficient (Wildman–Crippen LogP) is 3.00. The van der Waals surface area contributed by atoms with E-state index in [9.17, 15) is 13.2 Å². The maximum atomic E-state index is 12.8. The maximum Gasteiger partial charge on any atom is 0.243 e. The lowest BCUT2D eigenvalue weighted by Gasteiger charge is -2.20. The van der Waals surface area contributed by atoms with E-state index in [1.165, 1.54) is 22.1 Å². The third-order valence-electron chi connectivity index (χ3n) is 4.16. The lowest BCUT2D eigenvalue weighted by atomic mass is 10.2. The molecule has 0 saturated carbocycles. The molecule has 0 atom stereocenters. The van der Waals surface area contributed by atoms with Crippen LogP contribution in [0.25, 0.3) is 0 Å². The van der Waals surface area contributed by atoms with Gasteiger partial charge in [-0.2, -0.15) is 4.31 Å². The Kier molecular flexibility index (Phi) is 7.62. The number of nitrogens with one attached hydrogen (secondary N) is 2. The summed E-state index contributed by atoms with van der Waals surface area (Å²) in [5.74, 6) is 0.875. The molecule has 2 N–H and O–H groups in total. The Morgan fingerprint density at radius 3 is 2.54 bits per heavy atom. The first-order valence-corrected chi connectivity index (χ1v) is 11.6. The molecule has 1 heterocycles. The third-order valence-corrected chi connectivity index (χ3v) is 7.20. The number of H-pyrrole nitrogens is 1. The number of hydrogen-bond acceptors (Lipinski definition) is 6. The Hall–Kier alpha value is -1.91. The smallest absolute Gasteiger partial charge is 0.243 e. The first-order chi connectivity index (χ1) is 13.2. The SMILES string of the molecule is CCN(CC)S(=O)(=O)c1cc(NC(=O)CSc2n[nH]c(C(C)C)n2)ccc1C. The number of hydrogen-bond donors (Lipinski definition) is 2. The summed E-state index contributed by atoms with van der Waals surface area (Å²) in [7, 11) is -3.60. The van der Waals surface area contributed by atoms with Crippen LogP contribution in [0.3, 0.4) is 0 Å². The number of carbonyl (C=O) groups excluding carboxylic acids is 1. The van der Waals surface area contributed by atoms with Gasteiger partial charge in [0.1, 0.15) is 5.82 Å². The van der Waals surface area contributed by atoms with Crippen LogP contribution in [0.1, 0.15) is 45.0 Å². The van der Waals surface area contributed by atoms with Crippen LogP contribution >= 0.6 is 11.8 Å². The molecule has 28 heavy (non-hydrogen) atoms. The van der Waals surface area contributed by atoms with Crippen molar-refractivity contribution in [2.45, 2.75) is 50.6 Å². The van der Waals surface area contributed by atoms with Gasteiger partial charge in [-0.05, 0) is 24.6 Å². The summed E-state index contributed by atoms with van der Waals surface area (Å²) in [6, 6.07) is 4.90. The van der Waals surface area contributed by atoms with E-state index in [1.54, 1.807) is 32.9 Å². The molecular weight excluding hydrogens is 398 g/mol. The van der Waals surface area contributed by atoms with Crippen LogP contribution in [0.4, 0.5) is 5.69 Å². The molecule has 2 rings (SSSR count). The third kappa shape index (κ3) is 5.33. The standard InChI is InChI=1S/C18H27N5O3S2/c1-6-23(7-2)28(25,26)15-10-14(9-8-13(15)5)19-16(24)11-27-18-20-17(12(3)4)21-22-18/h8-10,12H,6-7,11H2,1-5H3,(H,19,24)(H,20,21,22). The number of thioether (sulfide) groups is 1. The minimum atomic E-state index is -3.60. The van der Waals surface area contributed by atoms with Crippen molar-refractivity contribution >= 4 is 33.4 Å². The van der Waals surface area contributed by atoms with Crippen LogP contribution in [0.15, 0.2) is 28.3 Å². The normalized spacial score (nSPS) is 12.0. The Balaban J connectivity index is 2.08. The minimum absolute atomic E-state index is 0.126. The highest BCUT2D eigenvalue weighted by molar-refractivity contribution is 7.99. The minimum Gasteiger partial charge on any atom is -0.325 e. The maximum absolute atomic E-state index is 12.8. The monoisotopic (exact) mass is 425 g/mol. The van der Waals surface area contributed by atoms with Crippen LogP contribution in [-0.4, -0.2) is 52.7 Å². The van der Waals surface area contributed by atoms with Gasteiger partial charge in [-0.25, -0.2) is 13.4 Å². The molecule has 10 heteroatoms. The second-order valence-corrected chi connectivity index (χ2v) is 9.41. The zero-order valence-electron chi connectivity index (χ0n) is 16.8. The quantitative estimate of drug-likeness (QED) is 0.598. The van der Waals surface area contributed by atoms with Crippen molar-refractivity contribution in [3.63, 3.8) is 0 Å². The van der Waals surface area contributed by atoms with Crippen LogP contribution < -0.4 is 5.32 Å². The molecule has 0 aliphatic carbocycles. The van der Waals surface area contributed by atoms with Gasteiger partial charge < -0.3 is 5.32 Å². The van der Waals surface area contributed by atoms with Gasteiger partial charge in [0.15, 0.2) is 0 Å². The molecule has 0 unspecified atom stereocenters. The lowest BCUT2D eigenvalue weighted by Crippen LogP contribution is -2.31. The van der Waals surface area contributed by atoms with E-state index >= 15 is 0 Å². The van der Waals surface area contributed by atoms with Crippen molar-refractivity contribution in [1.29, 1.82) is 0 Å². The molecular formula is C18H27N5O3S2. The Labute approximate surface area is 170 Å². The Bertz CT molecular complexity index is 921. The Morgan fingerprint density at radius 1 is 1.29 bits per heavy atom. The van der Waals surface area contributed by atoms with Gasteiger partial charge in [0.05, 0.1) is 10.6 Å². The fraction of sp³-hybridized carbons (Fsp3) is 0.500. The first kappa shape index (κ1) is 22.4. The van der Waals surface area contributed by atoms with Gasteiger partial charge in [0, 0.05) is 24.7 Å². The molecule has 0 radical (unpaired) electrons. The lowest BCUT2D eigenvalue weighted by molar-refractivity contribution is -0.113. The second kappa shape index (κ2) is 9.53. The molecule has 154 valence electrons. The van der Waals surface area contributed by atoms with Crippen LogP contribution in [0.2, 0.25) is 0 Å². The number of carbonyl (C=O) groups is 1. The summed E-state index contributed by atoms with van der Waals surface area (Å²) >= 11 is 1.22. The topological polar surface area (TPSA) is 108 Å². The number of aromatic nitrogens is 3. The fourth-order valence-corrected chi connectivity index (χ4v) is 4.88. The summed E-state index contributed by atoms with van der Waals surface area (Å²) in [5.41, 5.74) is 1.08. The fourth-order valence-electron chi connectivity index (χ4n) is 2.57. The van der Waals surface area contributed by atoms with Crippen molar-refractivity contribution in [2.24, 2.45) is 0 Å². The van der Waals surface area contributed by atoms with Crippen LogP contribution in [-0.2, 0) is 14.8 Å². The van der Waals surface area contributed by atoms with Crippen molar-refractivity contribution in [2.75, 3.05) is 24.2 Å². The van der Waals surface area contributed by atoms with Gasteiger partial charge in [-0.3, -0.25) is 9.89 Å². The van der Waals surface area contributed by atoms with E-state index in [-0.39, 0.29) is 22.5 Å². The molecule has 0 bridgehead atoms. The molecule has 0 aliphatic rings. The molecule has 8 nitrogen and oxygen atoms in total. The van der Waals surface area contributed by atoms with Crippen molar-refractivity contribution in [3.05, 3.63) is 29.6 Å². The largest absolute Gasteiger partial charge is 0.325 e. The highest BCUT2D eigenvalue weighted by Gasteiger charge is 2.24. The summed E-state index contributed by atoms with van der Waals surface area (Å²) in [5, 5.41) is 10.2. The Morgan fingerprint density at radius 2 is 1.96 bits per heavy atom. The summed E-state index contributed by atoms with van der Waals surface area (Å²) in [4.78, 5) is 16.8. The number of rotatable bonds is 9. The van der Waals surface area contributed by atoms with Gasteiger partial charge in [0.25, 0.3) is 0 Å².